The number of alkyl halides is 6. The molecule has 0 aliphatic heterocycles. The molecular formula is C15H8F6N4S3. The summed E-state index contributed by atoms with van der Waals surface area (Å²) in [5.41, 5.74) is 0.0307. The highest BCUT2D eigenvalue weighted by atomic mass is 32.2. The van der Waals surface area contributed by atoms with Crippen LogP contribution in [0.3, 0.4) is 0 Å². The van der Waals surface area contributed by atoms with Gasteiger partial charge < -0.3 is 0 Å². The molecule has 0 fully saturated rings. The third-order valence-corrected chi connectivity index (χ3v) is 5.77. The van der Waals surface area contributed by atoms with Crippen LogP contribution in [-0.2, 0) is 18.1 Å². The van der Waals surface area contributed by atoms with E-state index in [-0.39, 0.29) is 15.9 Å². The van der Waals surface area contributed by atoms with Gasteiger partial charge in [0.25, 0.3) is 0 Å². The first-order valence-electron chi connectivity index (χ1n) is 7.30. The summed E-state index contributed by atoms with van der Waals surface area (Å²) in [5, 5.41) is 7.27. The van der Waals surface area contributed by atoms with Gasteiger partial charge in [-0.2, -0.15) is 26.3 Å². The smallest absolute Gasteiger partial charge is 0.218 e. The number of halogens is 6. The Labute approximate surface area is 166 Å². The molecule has 0 spiro atoms. The fraction of sp³-hybridized carbons (Fsp3) is 0.200. The van der Waals surface area contributed by atoms with Crippen molar-refractivity contribution in [1.82, 2.24) is 20.2 Å². The van der Waals surface area contributed by atoms with E-state index < -0.39 is 23.6 Å². The molecule has 0 amide bonds. The molecule has 0 aliphatic rings. The number of hydrogen-bond donors (Lipinski definition) is 0. The zero-order valence-corrected chi connectivity index (χ0v) is 15.9. The molecule has 0 N–H and O–H groups in total. The summed E-state index contributed by atoms with van der Waals surface area (Å²) in [6.45, 7) is 0. The fourth-order valence-corrected chi connectivity index (χ4v) is 4.20. The first kappa shape index (κ1) is 20.9. The summed E-state index contributed by atoms with van der Waals surface area (Å²) in [4.78, 5) is 7.57. The highest BCUT2D eigenvalue weighted by molar-refractivity contribution is 8.01. The van der Waals surface area contributed by atoms with Crippen molar-refractivity contribution in [2.24, 2.45) is 0 Å². The maximum atomic E-state index is 13.1. The maximum Gasteiger partial charge on any atom is 0.433 e. The van der Waals surface area contributed by atoms with Gasteiger partial charge in [0, 0.05) is 11.8 Å². The van der Waals surface area contributed by atoms with Crippen LogP contribution >= 0.6 is 34.9 Å². The van der Waals surface area contributed by atoms with Crippen LogP contribution in [-0.4, -0.2) is 20.2 Å². The van der Waals surface area contributed by atoms with Crippen molar-refractivity contribution >= 4 is 34.9 Å². The summed E-state index contributed by atoms with van der Waals surface area (Å²) in [6.07, 6.45) is -9.12. The Morgan fingerprint density at radius 2 is 1.64 bits per heavy atom. The molecule has 2 aromatic heterocycles. The lowest BCUT2D eigenvalue weighted by Crippen LogP contribution is -2.10. The molecule has 2 heterocycles. The number of benzene rings is 1. The third kappa shape index (κ3) is 5.58. The minimum absolute atomic E-state index is 0.0500. The summed E-state index contributed by atoms with van der Waals surface area (Å²) in [6, 6.07) is 5.17. The standard InChI is InChI=1S/C15H8F6N4S3/c16-14(17,18)9-3-1-8(2-4-9)6-26-12-23-10(15(19,20)21)5-11(24-12)28-13-25-22-7-27-13/h1-5,7H,6H2. The molecule has 0 atom stereocenters. The Kier molecular flexibility index (Phi) is 6.15. The van der Waals surface area contributed by atoms with Crippen LogP contribution in [0.2, 0.25) is 0 Å². The molecule has 148 valence electrons. The van der Waals surface area contributed by atoms with Gasteiger partial charge in [-0.05, 0) is 29.5 Å². The van der Waals surface area contributed by atoms with E-state index in [1.54, 1.807) is 0 Å². The molecule has 3 rings (SSSR count). The Morgan fingerprint density at radius 1 is 0.929 bits per heavy atom. The van der Waals surface area contributed by atoms with Crippen LogP contribution in [0.5, 0.6) is 0 Å². The van der Waals surface area contributed by atoms with Gasteiger partial charge in [-0.1, -0.05) is 35.2 Å². The van der Waals surface area contributed by atoms with Crippen LogP contribution in [0.15, 0.2) is 50.4 Å². The molecule has 0 saturated carbocycles. The van der Waals surface area contributed by atoms with Gasteiger partial charge in [0.1, 0.15) is 16.2 Å². The van der Waals surface area contributed by atoms with E-state index in [9.17, 15) is 26.3 Å². The molecular weight excluding hydrogens is 446 g/mol. The zero-order chi connectivity index (χ0) is 20.4. The minimum atomic E-state index is -4.66. The molecule has 4 nitrogen and oxygen atoms in total. The van der Waals surface area contributed by atoms with E-state index in [4.69, 9.17) is 0 Å². The van der Waals surface area contributed by atoms with Crippen LogP contribution in [0.25, 0.3) is 0 Å². The van der Waals surface area contributed by atoms with Crippen molar-refractivity contribution in [3.63, 3.8) is 0 Å². The average molecular weight is 454 g/mol. The van der Waals surface area contributed by atoms with Crippen molar-refractivity contribution in [3.8, 4) is 0 Å². The molecule has 1 aromatic carbocycles. The van der Waals surface area contributed by atoms with E-state index in [0.717, 1.165) is 53.1 Å². The quantitative estimate of drug-likeness (QED) is 0.210. The molecule has 0 radical (unpaired) electrons. The van der Waals surface area contributed by atoms with Gasteiger partial charge in [-0.3, -0.25) is 0 Å². The summed E-state index contributed by atoms with van der Waals surface area (Å²) < 4.78 is 77.5. The summed E-state index contributed by atoms with van der Waals surface area (Å²) in [5.74, 6) is 0.113. The van der Waals surface area contributed by atoms with Crippen molar-refractivity contribution in [2.45, 2.75) is 32.6 Å². The van der Waals surface area contributed by atoms with E-state index in [1.807, 2.05) is 0 Å². The van der Waals surface area contributed by atoms with Gasteiger partial charge >= 0.3 is 12.4 Å². The Balaban J connectivity index is 1.78. The SMILES string of the molecule is FC(F)(F)c1ccc(CSc2nc(Sc3nncs3)cc(C(F)(F)F)n2)cc1. The number of nitrogens with zero attached hydrogens (tertiary/aromatic N) is 4. The van der Waals surface area contributed by atoms with Crippen LogP contribution in [0.4, 0.5) is 26.3 Å². The molecule has 0 unspecified atom stereocenters. The minimum Gasteiger partial charge on any atom is -0.218 e. The van der Waals surface area contributed by atoms with Crippen LogP contribution in [0, 0.1) is 0 Å². The number of thioether (sulfide) groups is 1. The highest BCUT2D eigenvalue weighted by Gasteiger charge is 2.34. The molecule has 0 bridgehead atoms. The second-order valence-corrected chi connectivity index (χ2v) is 8.21. The lowest BCUT2D eigenvalue weighted by molar-refractivity contribution is -0.142. The van der Waals surface area contributed by atoms with Gasteiger partial charge in [0.05, 0.1) is 5.56 Å². The Morgan fingerprint density at radius 3 is 2.21 bits per heavy atom. The van der Waals surface area contributed by atoms with Gasteiger partial charge in [-0.25, -0.2) is 9.97 Å². The number of aromatic nitrogens is 4. The molecule has 0 aliphatic carbocycles. The number of rotatable bonds is 5. The van der Waals surface area contributed by atoms with Crippen LogP contribution < -0.4 is 0 Å². The van der Waals surface area contributed by atoms with E-state index in [2.05, 4.69) is 20.2 Å². The second kappa shape index (κ2) is 8.25. The monoisotopic (exact) mass is 454 g/mol. The normalized spacial score (nSPS) is 12.4. The first-order valence-corrected chi connectivity index (χ1v) is 9.99. The number of hydrogen-bond acceptors (Lipinski definition) is 7. The summed E-state index contributed by atoms with van der Waals surface area (Å²) >= 11 is 2.97. The fourth-order valence-electron chi connectivity index (χ4n) is 1.90. The van der Waals surface area contributed by atoms with E-state index >= 15 is 0 Å². The second-order valence-electron chi connectivity index (χ2n) is 5.16. The molecule has 28 heavy (non-hydrogen) atoms. The van der Waals surface area contributed by atoms with Crippen molar-refractivity contribution in [3.05, 3.63) is 52.7 Å². The predicted octanol–water partition coefficient (Wildman–Crippen LogP) is 5.81. The highest BCUT2D eigenvalue weighted by Crippen LogP contribution is 2.35. The van der Waals surface area contributed by atoms with Gasteiger partial charge in [0.2, 0.25) is 0 Å². The lowest BCUT2D eigenvalue weighted by Gasteiger charge is -2.10. The third-order valence-electron chi connectivity index (χ3n) is 3.15. The van der Waals surface area contributed by atoms with Crippen LogP contribution in [0.1, 0.15) is 16.8 Å². The Hall–Kier alpha value is -1.86. The van der Waals surface area contributed by atoms with E-state index in [1.165, 1.54) is 17.6 Å². The summed E-state index contributed by atoms with van der Waals surface area (Å²) in [7, 11) is 0. The first-order chi connectivity index (χ1) is 13.1. The van der Waals surface area contributed by atoms with Gasteiger partial charge in [0.15, 0.2) is 9.50 Å². The van der Waals surface area contributed by atoms with Crippen molar-refractivity contribution < 1.29 is 26.3 Å². The maximum absolute atomic E-state index is 13.1. The molecule has 3 aromatic rings. The molecule has 13 heteroatoms. The van der Waals surface area contributed by atoms with Crippen molar-refractivity contribution in [1.29, 1.82) is 0 Å². The lowest BCUT2D eigenvalue weighted by atomic mass is 10.1. The largest absolute Gasteiger partial charge is 0.433 e. The molecule has 0 saturated heterocycles. The van der Waals surface area contributed by atoms with Crippen molar-refractivity contribution in [2.75, 3.05) is 0 Å². The average Bonchev–Trinajstić information content (AvgIpc) is 3.11. The predicted molar refractivity (Wildman–Crippen MR) is 92.1 cm³/mol. The zero-order valence-electron chi connectivity index (χ0n) is 13.5. The Bertz CT molecular complexity index is 926. The topological polar surface area (TPSA) is 51.6 Å². The van der Waals surface area contributed by atoms with E-state index in [0.29, 0.717) is 9.90 Å². The van der Waals surface area contributed by atoms with Gasteiger partial charge in [-0.15, -0.1) is 10.2 Å².